The van der Waals surface area contributed by atoms with Crippen molar-refractivity contribution in [2.45, 2.75) is 13.1 Å². The second-order valence-electron chi connectivity index (χ2n) is 4.61. The Morgan fingerprint density at radius 2 is 2.10 bits per heavy atom. The van der Waals surface area contributed by atoms with E-state index in [0.29, 0.717) is 12.1 Å². The average molecular weight is 262 g/mol. The second kappa shape index (κ2) is 5.55. The van der Waals surface area contributed by atoms with Crippen LogP contribution in [0.15, 0.2) is 54.9 Å². The van der Waals surface area contributed by atoms with Crippen molar-refractivity contribution in [3.8, 4) is 6.07 Å². The van der Waals surface area contributed by atoms with Gasteiger partial charge < -0.3 is 9.72 Å². The Hall–Kier alpha value is -2.64. The van der Waals surface area contributed by atoms with E-state index in [1.165, 1.54) is 0 Å². The third kappa shape index (κ3) is 2.68. The molecule has 1 aromatic carbocycles. The van der Waals surface area contributed by atoms with E-state index in [0.717, 1.165) is 23.4 Å². The summed E-state index contributed by atoms with van der Waals surface area (Å²) in [4.78, 5) is 4.53. The van der Waals surface area contributed by atoms with Gasteiger partial charge in [0.25, 0.3) is 0 Å². The molecule has 0 unspecified atom stereocenters. The molecular formula is C16H14N4. The third-order valence-electron chi connectivity index (χ3n) is 3.11. The summed E-state index contributed by atoms with van der Waals surface area (Å²) in [5.74, 6) is 0. The second-order valence-corrected chi connectivity index (χ2v) is 4.61. The molecule has 0 spiro atoms. The van der Waals surface area contributed by atoms with Gasteiger partial charge in [-0.15, -0.1) is 0 Å². The van der Waals surface area contributed by atoms with Gasteiger partial charge in [-0.2, -0.15) is 5.26 Å². The number of nitrogens with one attached hydrogen (secondary N) is 1. The predicted octanol–water partition coefficient (Wildman–Crippen LogP) is 2.50. The molecule has 98 valence electrons. The molecule has 20 heavy (non-hydrogen) atoms. The Kier molecular flexibility index (Phi) is 3.44. The number of nitrogens with zero attached hydrogens (tertiary/aromatic N) is 3. The summed E-state index contributed by atoms with van der Waals surface area (Å²) in [5, 5.41) is 12.2. The van der Waals surface area contributed by atoms with Crippen molar-refractivity contribution in [3.05, 3.63) is 71.7 Å². The van der Waals surface area contributed by atoms with Gasteiger partial charge in [-0.3, -0.25) is 0 Å². The Labute approximate surface area is 117 Å². The van der Waals surface area contributed by atoms with Crippen molar-refractivity contribution in [1.29, 1.82) is 5.26 Å². The maximum absolute atomic E-state index is 8.86. The van der Waals surface area contributed by atoms with Crippen LogP contribution in [0, 0.1) is 11.3 Å². The van der Waals surface area contributed by atoms with Gasteiger partial charge in [-0.1, -0.05) is 18.2 Å². The first-order valence-electron chi connectivity index (χ1n) is 6.47. The zero-order valence-electron chi connectivity index (χ0n) is 11.0. The fourth-order valence-electron chi connectivity index (χ4n) is 2.16. The lowest BCUT2D eigenvalue weighted by Gasteiger charge is -2.03. The Balaban J connectivity index is 1.63. The van der Waals surface area contributed by atoms with E-state index >= 15 is 0 Å². The molecule has 0 radical (unpaired) electrons. The molecule has 0 saturated carbocycles. The fourth-order valence-corrected chi connectivity index (χ4v) is 2.16. The van der Waals surface area contributed by atoms with Crippen LogP contribution in [0.1, 0.15) is 16.8 Å². The Morgan fingerprint density at radius 1 is 1.15 bits per heavy atom. The lowest BCUT2D eigenvalue weighted by molar-refractivity contribution is 0.682. The number of hydrogen-bond acceptors (Lipinski definition) is 3. The standard InChI is InChI=1S/C16H14N4/c17-9-13-4-3-5-14(8-13)10-18-11-15-12-20-7-2-1-6-16(20)19-15/h1-8,12,18H,10-11H2. The van der Waals surface area contributed by atoms with E-state index in [4.69, 9.17) is 5.26 Å². The maximum Gasteiger partial charge on any atom is 0.137 e. The molecule has 0 fully saturated rings. The monoisotopic (exact) mass is 262 g/mol. The van der Waals surface area contributed by atoms with Crippen LogP contribution in [0.4, 0.5) is 0 Å². The van der Waals surface area contributed by atoms with Crippen LogP contribution in [-0.2, 0) is 13.1 Å². The molecule has 0 amide bonds. The summed E-state index contributed by atoms with van der Waals surface area (Å²) in [6.07, 6.45) is 4.01. The van der Waals surface area contributed by atoms with Gasteiger partial charge in [-0.25, -0.2) is 4.98 Å². The first-order valence-corrected chi connectivity index (χ1v) is 6.47. The molecule has 0 aliphatic heterocycles. The first kappa shape index (κ1) is 12.4. The minimum Gasteiger partial charge on any atom is -0.307 e. The lowest BCUT2D eigenvalue weighted by Crippen LogP contribution is -2.12. The summed E-state index contributed by atoms with van der Waals surface area (Å²) in [7, 11) is 0. The molecule has 0 atom stereocenters. The van der Waals surface area contributed by atoms with Crippen LogP contribution < -0.4 is 5.32 Å². The lowest BCUT2D eigenvalue weighted by atomic mass is 10.1. The molecule has 3 aromatic rings. The van der Waals surface area contributed by atoms with E-state index in [9.17, 15) is 0 Å². The van der Waals surface area contributed by atoms with Crippen molar-refractivity contribution >= 4 is 5.65 Å². The largest absolute Gasteiger partial charge is 0.307 e. The summed E-state index contributed by atoms with van der Waals surface area (Å²) in [6, 6.07) is 15.7. The molecule has 2 heterocycles. The fraction of sp³-hybridized carbons (Fsp3) is 0.125. The van der Waals surface area contributed by atoms with Crippen LogP contribution in [0.25, 0.3) is 5.65 Å². The predicted molar refractivity (Wildman–Crippen MR) is 76.9 cm³/mol. The molecule has 2 aromatic heterocycles. The zero-order chi connectivity index (χ0) is 13.8. The SMILES string of the molecule is N#Cc1cccc(CNCc2cn3ccccc3n2)c1. The highest BCUT2D eigenvalue weighted by atomic mass is 15.0. The van der Waals surface area contributed by atoms with Gasteiger partial charge >= 0.3 is 0 Å². The normalized spacial score (nSPS) is 10.6. The van der Waals surface area contributed by atoms with E-state index < -0.39 is 0 Å². The molecule has 0 aliphatic carbocycles. The van der Waals surface area contributed by atoms with E-state index in [1.807, 2.05) is 59.3 Å². The highest BCUT2D eigenvalue weighted by molar-refractivity contribution is 5.39. The molecule has 4 nitrogen and oxygen atoms in total. The number of rotatable bonds is 4. The topological polar surface area (TPSA) is 53.1 Å². The molecule has 0 aliphatic rings. The van der Waals surface area contributed by atoms with Crippen molar-refractivity contribution in [2.75, 3.05) is 0 Å². The highest BCUT2D eigenvalue weighted by Gasteiger charge is 2.01. The number of fused-ring (bicyclic) bond motifs is 1. The number of hydrogen-bond donors (Lipinski definition) is 1. The molecule has 4 heteroatoms. The number of benzene rings is 1. The summed E-state index contributed by atoms with van der Waals surface area (Å²) in [6.45, 7) is 1.43. The molecule has 0 bridgehead atoms. The minimum atomic E-state index is 0.692. The molecule has 1 N–H and O–H groups in total. The van der Waals surface area contributed by atoms with Gasteiger partial charge in [0.05, 0.1) is 17.3 Å². The summed E-state index contributed by atoms with van der Waals surface area (Å²) >= 11 is 0. The number of imidazole rings is 1. The Morgan fingerprint density at radius 3 is 2.95 bits per heavy atom. The summed E-state index contributed by atoms with van der Waals surface area (Å²) in [5.41, 5.74) is 3.76. The number of pyridine rings is 1. The Bertz CT molecular complexity index is 734. The molecular weight excluding hydrogens is 248 g/mol. The van der Waals surface area contributed by atoms with E-state index in [-0.39, 0.29) is 0 Å². The average Bonchev–Trinajstić information content (AvgIpc) is 2.90. The molecule has 3 rings (SSSR count). The van der Waals surface area contributed by atoms with Crippen LogP contribution >= 0.6 is 0 Å². The van der Waals surface area contributed by atoms with Crippen molar-refractivity contribution in [3.63, 3.8) is 0 Å². The summed E-state index contributed by atoms with van der Waals surface area (Å²) < 4.78 is 2.01. The van der Waals surface area contributed by atoms with Crippen molar-refractivity contribution in [2.24, 2.45) is 0 Å². The smallest absolute Gasteiger partial charge is 0.137 e. The van der Waals surface area contributed by atoms with Gasteiger partial charge in [0.1, 0.15) is 5.65 Å². The van der Waals surface area contributed by atoms with Crippen molar-refractivity contribution < 1.29 is 0 Å². The van der Waals surface area contributed by atoms with Gasteiger partial charge in [-0.05, 0) is 29.8 Å². The van der Waals surface area contributed by atoms with Crippen molar-refractivity contribution in [1.82, 2.24) is 14.7 Å². The van der Waals surface area contributed by atoms with Crippen LogP contribution in [0.2, 0.25) is 0 Å². The van der Waals surface area contributed by atoms with Crippen LogP contribution in [-0.4, -0.2) is 9.38 Å². The molecule has 0 saturated heterocycles. The quantitative estimate of drug-likeness (QED) is 0.786. The minimum absolute atomic E-state index is 0.692. The third-order valence-corrected chi connectivity index (χ3v) is 3.11. The van der Waals surface area contributed by atoms with E-state index in [2.05, 4.69) is 16.4 Å². The van der Waals surface area contributed by atoms with Gasteiger partial charge in [0.2, 0.25) is 0 Å². The maximum atomic E-state index is 8.86. The highest BCUT2D eigenvalue weighted by Crippen LogP contribution is 2.06. The first-order chi connectivity index (χ1) is 9.85. The van der Waals surface area contributed by atoms with E-state index in [1.54, 1.807) is 0 Å². The number of nitriles is 1. The van der Waals surface area contributed by atoms with Gasteiger partial charge in [0.15, 0.2) is 0 Å². The number of aromatic nitrogens is 2. The van der Waals surface area contributed by atoms with Crippen LogP contribution in [0.5, 0.6) is 0 Å². The zero-order valence-corrected chi connectivity index (χ0v) is 11.0. The van der Waals surface area contributed by atoms with Gasteiger partial charge in [0, 0.05) is 25.5 Å². The van der Waals surface area contributed by atoms with Crippen LogP contribution in [0.3, 0.4) is 0 Å².